The van der Waals surface area contributed by atoms with E-state index in [1.165, 1.54) is 12.3 Å². The maximum atomic E-state index is 12.8. The van der Waals surface area contributed by atoms with E-state index in [-0.39, 0.29) is 11.3 Å². The standard InChI is InChI=1S/C7H4FNO2/c8-5-1-2-6(10)4-3-9-11-7(4)5/h1-3,10H. The summed E-state index contributed by atoms with van der Waals surface area (Å²) >= 11 is 0. The molecule has 0 bridgehead atoms. The summed E-state index contributed by atoms with van der Waals surface area (Å²) in [7, 11) is 0. The topological polar surface area (TPSA) is 46.3 Å². The van der Waals surface area contributed by atoms with Crippen molar-refractivity contribution in [1.29, 1.82) is 0 Å². The molecule has 0 saturated carbocycles. The molecule has 1 aromatic carbocycles. The third-order valence-corrected chi connectivity index (χ3v) is 1.45. The Labute approximate surface area is 61.0 Å². The van der Waals surface area contributed by atoms with Crippen LogP contribution in [-0.2, 0) is 0 Å². The molecule has 0 radical (unpaired) electrons. The molecule has 1 N–H and O–H groups in total. The van der Waals surface area contributed by atoms with Crippen molar-refractivity contribution in [2.24, 2.45) is 0 Å². The average molecular weight is 153 g/mol. The zero-order chi connectivity index (χ0) is 7.84. The fourth-order valence-electron chi connectivity index (χ4n) is 0.912. The van der Waals surface area contributed by atoms with Crippen LogP contribution in [0.25, 0.3) is 11.0 Å². The number of phenolic OH excluding ortho intramolecular Hbond substituents is 1. The minimum atomic E-state index is -0.518. The fraction of sp³-hybridized carbons (Fsp3) is 0. The van der Waals surface area contributed by atoms with Crippen LogP contribution in [0.3, 0.4) is 0 Å². The molecule has 0 spiro atoms. The Hall–Kier alpha value is -1.58. The van der Waals surface area contributed by atoms with Gasteiger partial charge in [-0.15, -0.1) is 0 Å². The van der Waals surface area contributed by atoms with Crippen LogP contribution in [0, 0.1) is 5.82 Å². The molecule has 0 amide bonds. The first kappa shape index (κ1) is 6.15. The van der Waals surface area contributed by atoms with E-state index in [1.807, 2.05) is 0 Å². The highest BCUT2D eigenvalue weighted by Crippen LogP contribution is 2.25. The molecule has 0 aliphatic heterocycles. The summed E-state index contributed by atoms with van der Waals surface area (Å²) in [5.74, 6) is -0.544. The summed E-state index contributed by atoms with van der Waals surface area (Å²) in [5.41, 5.74) is -0.00926. The molecule has 0 atom stereocenters. The smallest absolute Gasteiger partial charge is 0.206 e. The molecule has 2 rings (SSSR count). The second-order valence-corrected chi connectivity index (χ2v) is 2.14. The third kappa shape index (κ3) is 0.756. The predicted molar refractivity (Wildman–Crippen MR) is 35.6 cm³/mol. The summed E-state index contributed by atoms with van der Waals surface area (Å²) in [6.07, 6.45) is 1.27. The monoisotopic (exact) mass is 153 g/mol. The van der Waals surface area contributed by atoms with Gasteiger partial charge in [0, 0.05) is 0 Å². The van der Waals surface area contributed by atoms with E-state index in [0.29, 0.717) is 5.39 Å². The first-order chi connectivity index (χ1) is 5.29. The van der Waals surface area contributed by atoms with E-state index < -0.39 is 5.82 Å². The number of hydrogen-bond acceptors (Lipinski definition) is 3. The van der Waals surface area contributed by atoms with E-state index in [9.17, 15) is 4.39 Å². The Balaban J connectivity index is 2.96. The Morgan fingerprint density at radius 1 is 1.45 bits per heavy atom. The van der Waals surface area contributed by atoms with Crippen LogP contribution in [0.15, 0.2) is 22.9 Å². The number of aromatic hydroxyl groups is 1. The lowest BCUT2D eigenvalue weighted by Gasteiger charge is -1.91. The number of aromatic nitrogens is 1. The highest BCUT2D eigenvalue weighted by Gasteiger charge is 2.08. The zero-order valence-electron chi connectivity index (χ0n) is 5.41. The molecule has 3 nitrogen and oxygen atoms in total. The Morgan fingerprint density at radius 2 is 2.27 bits per heavy atom. The number of fused-ring (bicyclic) bond motifs is 1. The van der Waals surface area contributed by atoms with Crippen molar-refractivity contribution in [3.05, 3.63) is 24.1 Å². The van der Waals surface area contributed by atoms with Crippen LogP contribution in [0.1, 0.15) is 0 Å². The van der Waals surface area contributed by atoms with Crippen LogP contribution in [0.2, 0.25) is 0 Å². The van der Waals surface area contributed by atoms with Gasteiger partial charge >= 0.3 is 0 Å². The van der Waals surface area contributed by atoms with Crippen molar-refractivity contribution in [1.82, 2.24) is 5.16 Å². The van der Waals surface area contributed by atoms with Gasteiger partial charge < -0.3 is 9.63 Å². The Morgan fingerprint density at radius 3 is 3.00 bits per heavy atom. The summed E-state index contributed by atoms with van der Waals surface area (Å²) in [4.78, 5) is 0. The molecular weight excluding hydrogens is 149 g/mol. The molecule has 0 unspecified atom stereocenters. The molecule has 1 aromatic heterocycles. The molecular formula is C7H4FNO2. The number of phenols is 1. The molecule has 0 fully saturated rings. The van der Waals surface area contributed by atoms with Crippen molar-refractivity contribution in [3.63, 3.8) is 0 Å². The van der Waals surface area contributed by atoms with Crippen molar-refractivity contribution in [2.45, 2.75) is 0 Å². The first-order valence-corrected chi connectivity index (χ1v) is 3.01. The zero-order valence-corrected chi connectivity index (χ0v) is 5.41. The number of hydrogen-bond donors (Lipinski definition) is 1. The molecule has 0 aliphatic carbocycles. The van der Waals surface area contributed by atoms with Crippen LogP contribution in [0.5, 0.6) is 5.75 Å². The lowest BCUT2D eigenvalue weighted by molar-refractivity contribution is 0.439. The third-order valence-electron chi connectivity index (χ3n) is 1.45. The minimum absolute atomic E-state index is 0.00926. The van der Waals surface area contributed by atoms with Gasteiger partial charge in [-0.05, 0) is 12.1 Å². The molecule has 56 valence electrons. The Kier molecular flexibility index (Phi) is 1.09. The van der Waals surface area contributed by atoms with Gasteiger partial charge in [0.2, 0.25) is 5.58 Å². The summed E-state index contributed by atoms with van der Waals surface area (Å²) in [5, 5.41) is 12.8. The van der Waals surface area contributed by atoms with Gasteiger partial charge in [0.1, 0.15) is 5.75 Å². The van der Waals surface area contributed by atoms with Gasteiger partial charge in [0.05, 0.1) is 11.6 Å². The number of benzene rings is 1. The van der Waals surface area contributed by atoms with Crippen LogP contribution < -0.4 is 0 Å². The highest BCUT2D eigenvalue weighted by atomic mass is 19.1. The molecule has 2 aromatic rings. The number of halogens is 1. The lowest BCUT2D eigenvalue weighted by atomic mass is 10.2. The largest absolute Gasteiger partial charge is 0.507 e. The van der Waals surface area contributed by atoms with Gasteiger partial charge in [-0.2, -0.15) is 0 Å². The number of nitrogens with zero attached hydrogens (tertiary/aromatic N) is 1. The molecule has 4 heteroatoms. The first-order valence-electron chi connectivity index (χ1n) is 3.01. The second-order valence-electron chi connectivity index (χ2n) is 2.14. The van der Waals surface area contributed by atoms with Gasteiger partial charge in [-0.3, -0.25) is 0 Å². The van der Waals surface area contributed by atoms with Gasteiger partial charge in [-0.25, -0.2) is 4.39 Å². The van der Waals surface area contributed by atoms with E-state index in [0.717, 1.165) is 6.07 Å². The van der Waals surface area contributed by atoms with Crippen LogP contribution in [-0.4, -0.2) is 10.3 Å². The SMILES string of the molecule is Oc1ccc(F)c2oncc12. The van der Waals surface area contributed by atoms with E-state index in [4.69, 9.17) is 5.11 Å². The molecule has 0 saturated heterocycles. The molecule has 0 aliphatic rings. The maximum Gasteiger partial charge on any atom is 0.206 e. The summed E-state index contributed by atoms with van der Waals surface area (Å²) in [6, 6.07) is 2.39. The Bertz CT molecular complexity index is 360. The summed E-state index contributed by atoms with van der Waals surface area (Å²) in [6.45, 7) is 0. The predicted octanol–water partition coefficient (Wildman–Crippen LogP) is 1.67. The van der Waals surface area contributed by atoms with Gasteiger partial charge in [-0.1, -0.05) is 5.16 Å². The van der Waals surface area contributed by atoms with Crippen LogP contribution >= 0.6 is 0 Å². The average Bonchev–Trinajstić information content (AvgIpc) is 2.45. The minimum Gasteiger partial charge on any atom is -0.507 e. The van der Waals surface area contributed by atoms with Crippen molar-refractivity contribution in [2.75, 3.05) is 0 Å². The lowest BCUT2D eigenvalue weighted by Crippen LogP contribution is -1.73. The van der Waals surface area contributed by atoms with E-state index in [1.54, 1.807) is 0 Å². The quantitative estimate of drug-likeness (QED) is 0.626. The number of rotatable bonds is 0. The van der Waals surface area contributed by atoms with E-state index in [2.05, 4.69) is 9.68 Å². The molecule has 11 heavy (non-hydrogen) atoms. The van der Waals surface area contributed by atoms with Gasteiger partial charge in [0.25, 0.3) is 0 Å². The highest BCUT2D eigenvalue weighted by molar-refractivity contribution is 5.82. The fourth-order valence-corrected chi connectivity index (χ4v) is 0.912. The van der Waals surface area contributed by atoms with Crippen molar-refractivity contribution >= 4 is 11.0 Å². The maximum absolute atomic E-state index is 12.8. The second kappa shape index (κ2) is 1.95. The van der Waals surface area contributed by atoms with E-state index >= 15 is 0 Å². The van der Waals surface area contributed by atoms with Gasteiger partial charge in [0.15, 0.2) is 5.82 Å². The van der Waals surface area contributed by atoms with Crippen molar-refractivity contribution < 1.29 is 14.0 Å². The normalized spacial score (nSPS) is 10.6. The summed E-state index contributed by atoms with van der Waals surface area (Å²) < 4.78 is 17.3. The van der Waals surface area contributed by atoms with Crippen LogP contribution in [0.4, 0.5) is 4.39 Å². The molecule has 1 heterocycles. The van der Waals surface area contributed by atoms with Crippen molar-refractivity contribution in [3.8, 4) is 5.75 Å².